The normalized spacial score (nSPS) is 18.6. The molecular weight excluding hydrogens is 304 g/mol. The zero-order chi connectivity index (χ0) is 17.9. The highest BCUT2D eigenvalue weighted by Crippen LogP contribution is 2.24. The van der Waals surface area contributed by atoms with Gasteiger partial charge in [0.05, 0.1) is 17.4 Å². The first kappa shape index (κ1) is 18.9. The van der Waals surface area contributed by atoms with Crippen LogP contribution >= 0.6 is 0 Å². The minimum absolute atomic E-state index is 0.167. The highest BCUT2D eigenvalue weighted by molar-refractivity contribution is 5.95. The fourth-order valence-electron chi connectivity index (χ4n) is 3.12. The molecule has 1 aliphatic rings. The molecule has 0 aromatic carbocycles. The molecule has 0 saturated carbocycles. The molecule has 0 bridgehead atoms. The van der Waals surface area contributed by atoms with Crippen molar-refractivity contribution in [1.29, 1.82) is 0 Å². The molecule has 1 amide bonds. The van der Waals surface area contributed by atoms with Crippen molar-refractivity contribution in [2.24, 2.45) is 13.0 Å². The molecule has 1 atom stereocenters. The van der Waals surface area contributed by atoms with Gasteiger partial charge in [0.25, 0.3) is 5.91 Å². The SMILES string of the molecule is CC1CCN(CC(O)CNC(=O)c2cn(C)nc2C(C)(C)C)CC1. The van der Waals surface area contributed by atoms with E-state index in [1.165, 1.54) is 12.8 Å². The van der Waals surface area contributed by atoms with Crippen molar-refractivity contribution < 1.29 is 9.90 Å². The maximum Gasteiger partial charge on any atom is 0.254 e. The molecule has 1 aliphatic heterocycles. The summed E-state index contributed by atoms with van der Waals surface area (Å²) in [5.74, 6) is 0.610. The van der Waals surface area contributed by atoms with Crippen molar-refractivity contribution in [1.82, 2.24) is 20.0 Å². The van der Waals surface area contributed by atoms with Gasteiger partial charge in [0.1, 0.15) is 0 Å². The second-order valence-corrected chi connectivity index (χ2v) is 8.16. The number of β-amino-alcohol motifs (C(OH)–C–C–N with tert-alkyl or cyclic N) is 1. The Morgan fingerprint density at radius 2 is 2.04 bits per heavy atom. The molecule has 6 nitrogen and oxygen atoms in total. The van der Waals surface area contributed by atoms with Crippen LogP contribution in [-0.4, -0.2) is 58.0 Å². The zero-order valence-electron chi connectivity index (χ0n) is 15.7. The average Bonchev–Trinajstić information content (AvgIpc) is 2.89. The number of aryl methyl sites for hydroxylation is 1. The highest BCUT2D eigenvalue weighted by atomic mass is 16.3. The number of carbonyl (C=O) groups excluding carboxylic acids is 1. The first-order valence-electron chi connectivity index (χ1n) is 8.89. The summed E-state index contributed by atoms with van der Waals surface area (Å²) in [4.78, 5) is 14.8. The lowest BCUT2D eigenvalue weighted by atomic mass is 9.89. The van der Waals surface area contributed by atoms with E-state index >= 15 is 0 Å². The van der Waals surface area contributed by atoms with Crippen LogP contribution in [0.2, 0.25) is 0 Å². The van der Waals surface area contributed by atoms with E-state index in [1.807, 2.05) is 27.8 Å². The van der Waals surface area contributed by atoms with Gasteiger partial charge in [0.2, 0.25) is 0 Å². The largest absolute Gasteiger partial charge is 0.390 e. The summed E-state index contributed by atoms with van der Waals surface area (Å²) in [7, 11) is 1.82. The second kappa shape index (κ2) is 7.66. The maximum absolute atomic E-state index is 12.5. The van der Waals surface area contributed by atoms with Crippen molar-refractivity contribution in [3.63, 3.8) is 0 Å². The maximum atomic E-state index is 12.5. The van der Waals surface area contributed by atoms with Crippen LogP contribution in [0.25, 0.3) is 0 Å². The lowest BCUT2D eigenvalue weighted by Crippen LogP contribution is -2.43. The van der Waals surface area contributed by atoms with E-state index in [1.54, 1.807) is 10.9 Å². The third-order valence-corrected chi connectivity index (χ3v) is 4.63. The molecule has 6 heteroatoms. The average molecular weight is 336 g/mol. The Morgan fingerprint density at radius 3 is 2.62 bits per heavy atom. The summed E-state index contributed by atoms with van der Waals surface area (Å²) < 4.78 is 1.67. The zero-order valence-corrected chi connectivity index (χ0v) is 15.7. The molecule has 0 radical (unpaired) electrons. The smallest absolute Gasteiger partial charge is 0.254 e. The van der Waals surface area contributed by atoms with Crippen LogP contribution in [0.5, 0.6) is 0 Å². The van der Waals surface area contributed by atoms with Crippen molar-refractivity contribution in [3.05, 3.63) is 17.5 Å². The van der Waals surface area contributed by atoms with E-state index in [4.69, 9.17) is 0 Å². The Labute approximate surface area is 145 Å². The van der Waals surface area contributed by atoms with Gasteiger partial charge in [-0.05, 0) is 31.8 Å². The molecule has 136 valence electrons. The Balaban J connectivity index is 1.87. The minimum Gasteiger partial charge on any atom is -0.390 e. The Kier molecular flexibility index (Phi) is 6.04. The molecule has 1 aromatic rings. The van der Waals surface area contributed by atoms with Gasteiger partial charge in [-0.15, -0.1) is 0 Å². The van der Waals surface area contributed by atoms with Crippen LogP contribution < -0.4 is 5.32 Å². The van der Waals surface area contributed by atoms with Crippen LogP contribution in [-0.2, 0) is 12.5 Å². The Bertz CT molecular complexity index is 554. The predicted molar refractivity (Wildman–Crippen MR) is 95.1 cm³/mol. The lowest BCUT2D eigenvalue weighted by molar-refractivity contribution is 0.0794. The number of amides is 1. The van der Waals surface area contributed by atoms with Gasteiger partial charge in [-0.1, -0.05) is 27.7 Å². The molecule has 1 aromatic heterocycles. The highest BCUT2D eigenvalue weighted by Gasteiger charge is 2.26. The summed E-state index contributed by atoms with van der Waals surface area (Å²) in [5.41, 5.74) is 1.17. The van der Waals surface area contributed by atoms with Gasteiger partial charge in [-0.3, -0.25) is 9.48 Å². The van der Waals surface area contributed by atoms with Gasteiger partial charge >= 0.3 is 0 Å². The quantitative estimate of drug-likeness (QED) is 0.856. The Morgan fingerprint density at radius 1 is 1.42 bits per heavy atom. The van der Waals surface area contributed by atoms with E-state index in [-0.39, 0.29) is 17.9 Å². The number of rotatable bonds is 5. The van der Waals surface area contributed by atoms with Crippen LogP contribution in [0.15, 0.2) is 6.20 Å². The van der Waals surface area contributed by atoms with E-state index in [0.717, 1.165) is 24.7 Å². The molecule has 24 heavy (non-hydrogen) atoms. The van der Waals surface area contributed by atoms with Gasteiger partial charge in [0.15, 0.2) is 0 Å². The van der Waals surface area contributed by atoms with Crippen LogP contribution in [0, 0.1) is 5.92 Å². The molecule has 0 aliphatic carbocycles. The van der Waals surface area contributed by atoms with Crippen molar-refractivity contribution in [2.45, 2.75) is 52.1 Å². The van der Waals surface area contributed by atoms with Crippen LogP contribution in [0.1, 0.15) is 56.6 Å². The van der Waals surface area contributed by atoms with Gasteiger partial charge in [0, 0.05) is 31.7 Å². The fourth-order valence-corrected chi connectivity index (χ4v) is 3.12. The molecule has 1 unspecified atom stereocenters. The summed E-state index contributed by atoms with van der Waals surface area (Å²) in [6.07, 6.45) is 3.57. The summed E-state index contributed by atoms with van der Waals surface area (Å²) in [6, 6.07) is 0. The number of aliphatic hydroxyl groups is 1. The van der Waals surface area contributed by atoms with Gasteiger partial charge in [-0.25, -0.2) is 0 Å². The summed E-state index contributed by atoms with van der Waals surface area (Å²) in [5, 5.41) is 17.5. The minimum atomic E-state index is -0.544. The Hall–Kier alpha value is -1.40. The fraction of sp³-hybridized carbons (Fsp3) is 0.778. The van der Waals surface area contributed by atoms with E-state index in [2.05, 4.69) is 22.2 Å². The van der Waals surface area contributed by atoms with Crippen molar-refractivity contribution >= 4 is 5.91 Å². The van der Waals surface area contributed by atoms with Gasteiger partial charge in [-0.2, -0.15) is 5.10 Å². The molecule has 2 N–H and O–H groups in total. The molecule has 1 fully saturated rings. The van der Waals surface area contributed by atoms with E-state index in [9.17, 15) is 9.90 Å². The molecule has 2 rings (SSSR count). The lowest BCUT2D eigenvalue weighted by Gasteiger charge is -2.31. The van der Waals surface area contributed by atoms with Crippen LogP contribution in [0.3, 0.4) is 0 Å². The van der Waals surface area contributed by atoms with E-state index in [0.29, 0.717) is 12.1 Å². The molecule has 2 heterocycles. The van der Waals surface area contributed by atoms with E-state index < -0.39 is 6.10 Å². The third kappa shape index (κ3) is 5.05. The van der Waals surface area contributed by atoms with Crippen molar-refractivity contribution in [2.75, 3.05) is 26.2 Å². The number of hydrogen-bond acceptors (Lipinski definition) is 4. The first-order chi connectivity index (χ1) is 11.2. The number of aromatic nitrogens is 2. The number of likely N-dealkylation sites (tertiary alicyclic amines) is 1. The number of hydrogen-bond donors (Lipinski definition) is 2. The van der Waals surface area contributed by atoms with Crippen molar-refractivity contribution in [3.8, 4) is 0 Å². The predicted octanol–water partition coefficient (Wildman–Crippen LogP) is 1.54. The molecule has 1 saturated heterocycles. The number of carbonyl (C=O) groups is 1. The number of nitrogens with zero attached hydrogens (tertiary/aromatic N) is 3. The standard InChI is InChI=1S/C18H32N4O2/c1-13-6-8-22(9-7-13)11-14(23)10-19-17(24)15-12-21(5)20-16(15)18(2,3)4/h12-14,23H,6-11H2,1-5H3,(H,19,24). The number of nitrogens with one attached hydrogen (secondary N) is 1. The summed E-state index contributed by atoms with van der Waals surface area (Å²) >= 11 is 0. The van der Waals surface area contributed by atoms with Gasteiger partial charge < -0.3 is 15.3 Å². The summed E-state index contributed by atoms with van der Waals surface area (Å²) in [6.45, 7) is 11.3. The molecular formula is C18H32N4O2. The molecule has 0 spiro atoms. The number of piperidine rings is 1. The van der Waals surface area contributed by atoms with Crippen LogP contribution in [0.4, 0.5) is 0 Å². The monoisotopic (exact) mass is 336 g/mol. The number of aliphatic hydroxyl groups excluding tert-OH is 1. The second-order valence-electron chi connectivity index (χ2n) is 8.16. The third-order valence-electron chi connectivity index (χ3n) is 4.63. The topological polar surface area (TPSA) is 70.4 Å². The first-order valence-corrected chi connectivity index (χ1v) is 8.89.